The Kier molecular flexibility index (Phi) is 6.72. The number of ether oxygens (including phenoxy) is 1. The molecule has 0 aliphatic heterocycles. The Hall–Kier alpha value is -1.10. The van der Waals surface area contributed by atoms with Gasteiger partial charge in [0.05, 0.1) is 13.2 Å². The van der Waals surface area contributed by atoms with E-state index in [1.165, 1.54) is 5.56 Å². The van der Waals surface area contributed by atoms with E-state index >= 15 is 0 Å². The van der Waals surface area contributed by atoms with Crippen LogP contribution in [0.1, 0.15) is 18.5 Å². The van der Waals surface area contributed by atoms with Gasteiger partial charge in [0.2, 0.25) is 0 Å². The zero-order chi connectivity index (χ0) is 13.4. The minimum atomic E-state index is 0.151. The summed E-state index contributed by atoms with van der Waals surface area (Å²) < 4.78 is 5.09. The number of methoxy groups -OCH3 is 1. The highest BCUT2D eigenvalue weighted by Gasteiger charge is 2.07. The summed E-state index contributed by atoms with van der Waals surface area (Å²) in [6.45, 7) is 4.36. The minimum absolute atomic E-state index is 0.151. The van der Waals surface area contributed by atoms with Crippen molar-refractivity contribution in [3.63, 3.8) is 0 Å². The number of nitrogens with one attached hydrogen (secondary N) is 1. The summed E-state index contributed by atoms with van der Waals surface area (Å²) in [4.78, 5) is 2.12. The maximum atomic E-state index is 9.09. The second-order valence-corrected chi connectivity index (χ2v) is 4.31. The first kappa shape index (κ1) is 15.0. The molecule has 0 fully saturated rings. The fourth-order valence-corrected chi connectivity index (χ4v) is 1.83. The summed E-state index contributed by atoms with van der Waals surface area (Å²) in [5, 5.41) is 12.3. The molecule has 1 aromatic rings. The predicted molar refractivity (Wildman–Crippen MR) is 75.1 cm³/mol. The van der Waals surface area contributed by atoms with Gasteiger partial charge in [-0.2, -0.15) is 0 Å². The van der Waals surface area contributed by atoms with Crippen LogP contribution in [0.2, 0.25) is 0 Å². The Morgan fingerprint density at radius 2 is 1.94 bits per heavy atom. The molecule has 0 aliphatic rings. The van der Waals surface area contributed by atoms with Crippen LogP contribution >= 0.6 is 0 Å². The zero-order valence-corrected chi connectivity index (χ0v) is 11.5. The van der Waals surface area contributed by atoms with Gasteiger partial charge in [-0.1, -0.05) is 12.1 Å². The molecule has 0 spiro atoms. The van der Waals surface area contributed by atoms with Crippen LogP contribution in [0.15, 0.2) is 24.3 Å². The summed E-state index contributed by atoms with van der Waals surface area (Å²) >= 11 is 0. The quantitative estimate of drug-likeness (QED) is 0.734. The van der Waals surface area contributed by atoms with Gasteiger partial charge in [0, 0.05) is 31.9 Å². The van der Waals surface area contributed by atoms with Gasteiger partial charge in [-0.25, -0.2) is 0 Å². The van der Waals surface area contributed by atoms with Crippen LogP contribution in [-0.2, 0) is 4.74 Å². The van der Waals surface area contributed by atoms with Crippen LogP contribution in [0.4, 0.5) is 5.69 Å². The molecule has 102 valence electrons. The number of anilines is 1. The molecule has 0 aliphatic carbocycles. The van der Waals surface area contributed by atoms with Crippen LogP contribution < -0.4 is 10.2 Å². The lowest BCUT2D eigenvalue weighted by Crippen LogP contribution is -2.30. The number of nitrogens with zero attached hydrogens (tertiary/aromatic N) is 1. The van der Waals surface area contributed by atoms with Crippen molar-refractivity contribution in [2.24, 2.45) is 0 Å². The topological polar surface area (TPSA) is 44.7 Å². The normalized spacial score (nSPS) is 12.4. The minimum Gasteiger partial charge on any atom is -0.395 e. The van der Waals surface area contributed by atoms with Crippen molar-refractivity contribution in [1.82, 2.24) is 5.32 Å². The summed E-state index contributed by atoms with van der Waals surface area (Å²) in [7, 11) is 3.64. The Bertz CT molecular complexity index is 327. The molecule has 0 aromatic heterocycles. The lowest BCUT2D eigenvalue weighted by atomic mass is 10.1. The highest BCUT2D eigenvalue weighted by Crippen LogP contribution is 2.18. The van der Waals surface area contributed by atoms with Crippen molar-refractivity contribution >= 4 is 5.69 Å². The van der Waals surface area contributed by atoms with Gasteiger partial charge in [-0.15, -0.1) is 0 Å². The van der Waals surface area contributed by atoms with Crippen LogP contribution in [-0.4, -0.2) is 45.6 Å². The average Bonchev–Trinajstić information content (AvgIpc) is 2.43. The van der Waals surface area contributed by atoms with Crippen molar-refractivity contribution in [3.8, 4) is 0 Å². The molecule has 0 saturated carbocycles. The Morgan fingerprint density at radius 1 is 1.28 bits per heavy atom. The van der Waals surface area contributed by atoms with Crippen molar-refractivity contribution in [2.45, 2.75) is 13.0 Å². The summed E-state index contributed by atoms with van der Waals surface area (Å²) in [5.74, 6) is 0. The van der Waals surface area contributed by atoms with E-state index in [2.05, 4.69) is 41.4 Å². The second-order valence-electron chi connectivity index (χ2n) is 4.31. The smallest absolute Gasteiger partial charge is 0.0637 e. The molecule has 4 heteroatoms. The molecule has 0 saturated heterocycles. The molecule has 2 N–H and O–H groups in total. The monoisotopic (exact) mass is 252 g/mol. The van der Waals surface area contributed by atoms with Crippen molar-refractivity contribution in [3.05, 3.63) is 29.8 Å². The van der Waals surface area contributed by atoms with Gasteiger partial charge in [0.25, 0.3) is 0 Å². The average molecular weight is 252 g/mol. The summed E-state index contributed by atoms with van der Waals surface area (Å²) in [5.41, 5.74) is 2.38. The number of hydrogen-bond donors (Lipinski definition) is 2. The molecular formula is C14H24N2O2. The van der Waals surface area contributed by atoms with Crippen LogP contribution in [0.3, 0.4) is 0 Å². The summed E-state index contributed by atoms with van der Waals surface area (Å²) in [6, 6.07) is 8.77. The fourth-order valence-electron chi connectivity index (χ4n) is 1.83. The maximum Gasteiger partial charge on any atom is 0.0637 e. The van der Waals surface area contributed by atoms with Gasteiger partial charge >= 0.3 is 0 Å². The molecular weight excluding hydrogens is 228 g/mol. The Labute approximate surface area is 110 Å². The molecule has 1 rings (SSSR count). The maximum absolute atomic E-state index is 9.09. The van der Waals surface area contributed by atoms with E-state index in [1.54, 1.807) is 7.11 Å². The molecule has 0 radical (unpaired) electrons. The first-order chi connectivity index (χ1) is 8.72. The lowest BCUT2D eigenvalue weighted by Gasteiger charge is -2.24. The van der Waals surface area contributed by atoms with Gasteiger partial charge in [-0.3, -0.25) is 0 Å². The molecule has 1 aromatic carbocycles. The van der Waals surface area contributed by atoms with Gasteiger partial charge in [-0.05, 0) is 31.7 Å². The van der Waals surface area contributed by atoms with E-state index in [4.69, 9.17) is 9.84 Å². The van der Waals surface area contributed by atoms with Crippen LogP contribution in [0.5, 0.6) is 0 Å². The fraction of sp³-hybridized carbons (Fsp3) is 0.571. The Morgan fingerprint density at radius 3 is 2.44 bits per heavy atom. The van der Waals surface area contributed by atoms with Crippen LogP contribution in [0, 0.1) is 0 Å². The highest BCUT2D eigenvalue weighted by molar-refractivity contribution is 5.48. The number of benzene rings is 1. The predicted octanol–water partition coefficient (Wildman–Crippen LogP) is 1.41. The van der Waals surface area contributed by atoms with Crippen molar-refractivity contribution < 1.29 is 9.84 Å². The molecule has 0 amide bonds. The standard InChI is InChI=1S/C14H24N2O2/c1-12(15-2)13-4-6-14(7-5-13)16(8-10-17)9-11-18-3/h4-7,12,15,17H,8-11H2,1-3H3. The second kappa shape index (κ2) is 8.08. The van der Waals surface area contributed by atoms with Gasteiger partial charge < -0.3 is 20.1 Å². The van der Waals surface area contributed by atoms with E-state index in [-0.39, 0.29) is 6.61 Å². The van der Waals surface area contributed by atoms with Crippen molar-refractivity contribution in [2.75, 3.05) is 45.4 Å². The molecule has 0 bridgehead atoms. The van der Waals surface area contributed by atoms with Crippen molar-refractivity contribution in [1.29, 1.82) is 0 Å². The Balaban J connectivity index is 2.73. The van der Waals surface area contributed by atoms with E-state index in [0.717, 1.165) is 12.2 Å². The summed E-state index contributed by atoms with van der Waals surface area (Å²) in [6.07, 6.45) is 0. The number of rotatable bonds is 8. The molecule has 4 nitrogen and oxygen atoms in total. The number of hydrogen-bond acceptors (Lipinski definition) is 4. The number of aliphatic hydroxyl groups excluding tert-OH is 1. The third-order valence-electron chi connectivity index (χ3n) is 3.13. The highest BCUT2D eigenvalue weighted by atomic mass is 16.5. The lowest BCUT2D eigenvalue weighted by molar-refractivity contribution is 0.203. The number of aliphatic hydroxyl groups is 1. The zero-order valence-electron chi connectivity index (χ0n) is 11.5. The van der Waals surface area contributed by atoms with Gasteiger partial charge in [0.15, 0.2) is 0 Å². The largest absolute Gasteiger partial charge is 0.395 e. The molecule has 1 unspecified atom stereocenters. The molecule has 0 heterocycles. The molecule has 18 heavy (non-hydrogen) atoms. The molecule has 1 atom stereocenters. The van der Waals surface area contributed by atoms with E-state index in [0.29, 0.717) is 19.2 Å². The van der Waals surface area contributed by atoms with E-state index in [9.17, 15) is 0 Å². The van der Waals surface area contributed by atoms with E-state index in [1.807, 2.05) is 7.05 Å². The first-order valence-corrected chi connectivity index (χ1v) is 6.35. The van der Waals surface area contributed by atoms with E-state index < -0.39 is 0 Å². The van der Waals surface area contributed by atoms with Crippen LogP contribution in [0.25, 0.3) is 0 Å². The third-order valence-corrected chi connectivity index (χ3v) is 3.13. The first-order valence-electron chi connectivity index (χ1n) is 6.35. The SMILES string of the molecule is CNC(C)c1ccc(N(CCO)CCOC)cc1. The third kappa shape index (κ3) is 4.29. The van der Waals surface area contributed by atoms with Gasteiger partial charge in [0.1, 0.15) is 0 Å².